The summed E-state index contributed by atoms with van der Waals surface area (Å²) in [7, 11) is 1.55. The maximum absolute atomic E-state index is 13.7. The van der Waals surface area contributed by atoms with Gasteiger partial charge >= 0.3 is 6.18 Å². The molecule has 0 saturated carbocycles. The average molecular weight is 439 g/mol. The van der Waals surface area contributed by atoms with E-state index in [1.54, 1.807) is 25.3 Å². The van der Waals surface area contributed by atoms with Crippen LogP contribution in [0.25, 0.3) is 5.69 Å². The second-order valence-corrected chi connectivity index (χ2v) is 7.27. The van der Waals surface area contributed by atoms with E-state index in [1.165, 1.54) is 12.1 Å². The summed E-state index contributed by atoms with van der Waals surface area (Å²) in [5.41, 5.74) is 8.06. The molecule has 0 fully saturated rings. The molecule has 0 radical (unpaired) electrons. The summed E-state index contributed by atoms with van der Waals surface area (Å²) < 4.78 is 53.7. The quantitative estimate of drug-likeness (QED) is 0.657. The standard InChI is InChI=1S/C20H18ClF3N4O2/c1-10-12(4-3-5-15(10)29-2)17-13-8-11(21)6-7-14(13)28-18(16(9-25)30-17)26-27-19(28)20(22,23)24/h3-8,16-17H,9,25H2,1-2H3/t16-,17-/m1/s1. The van der Waals surface area contributed by atoms with Gasteiger partial charge in [0.15, 0.2) is 5.82 Å². The highest BCUT2D eigenvalue weighted by atomic mass is 35.5. The molecule has 158 valence electrons. The summed E-state index contributed by atoms with van der Waals surface area (Å²) in [5.74, 6) is -0.536. The highest BCUT2D eigenvalue weighted by Gasteiger charge is 2.43. The Hall–Kier alpha value is -2.62. The van der Waals surface area contributed by atoms with Crippen molar-refractivity contribution in [3.63, 3.8) is 0 Å². The molecule has 2 aromatic carbocycles. The number of fused-ring (bicyclic) bond motifs is 3. The van der Waals surface area contributed by atoms with Gasteiger partial charge in [-0.2, -0.15) is 13.2 Å². The van der Waals surface area contributed by atoms with E-state index in [1.807, 2.05) is 13.0 Å². The Labute approximate surface area is 175 Å². The zero-order valence-electron chi connectivity index (χ0n) is 16.1. The molecule has 0 aliphatic carbocycles. The molecule has 0 spiro atoms. The van der Waals surface area contributed by atoms with E-state index >= 15 is 0 Å². The van der Waals surface area contributed by atoms with Crippen molar-refractivity contribution < 1.29 is 22.6 Å². The first-order valence-electron chi connectivity index (χ1n) is 9.07. The molecule has 2 atom stereocenters. The molecule has 6 nitrogen and oxygen atoms in total. The van der Waals surface area contributed by atoms with Crippen molar-refractivity contribution in [3.05, 3.63) is 69.8 Å². The third-order valence-electron chi connectivity index (χ3n) is 5.09. The molecular formula is C20H18ClF3N4O2. The number of benzene rings is 2. The number of alkyl halides is 3. The lowest BCUT2D eigenvalue weighted by Crippen LogP contribution is -2.21. The van der Waals surface area contributed by atoms with Crippen molar-refractivity contribution in [3.8, 4) is 11.4 Å². The van der Waals surface area contributed by atoms with Gasteiger partial charge in [0.1, 0.15) is 18.0 Å². The van der Waals surface area contributed by atoms with Crippen LogP contribution in [0.5, 0.6) is 5.75 Å². The Bertz CT molecular complexity index is 1100. The Morgan fingerprint density at radius 3 is 2.63 bits per heavy atom. The van der Waals surface area contributed by atoms with Gasteiger partial charge in [-0.15, -0.1) is 10.2 Å². The highest BCUT2D eigenvalue weighted by molar-refractivity contribution is 6.30. The van der Waals surface area contributed by atoms with E-state index in [2.05, 4.69) is 10.2 Å². The van der Waals surface area contributed by atoms with Crippen molar-refractivity contribution in [1.29, 1.82) is 0 Å². The third kappa shape index (κ3) is 3.32. The van der Waals surface area contributed by atoms with Crippen LogP contribution in [0.3, 0.4) is 0 Å². The first-order chi connectivity index (χ1) is 14.3. The van der Waals surface area contributed by atoms with Gasteiger partial charge in [-0.05, 0) is 42.3 Å². The topological polar surface area (TPSA) is 75.2 Å². The van der Waals surface area contributed by atoms with Crippen LogP contribution >= 0.6 is 11.6 Å². The smallest absolute Gasteiger partial charge is 0.452 e. The van der Waals surface area contributed by atoms with Crippen LogP contribution in [-0.2, 0) is 10.9 Å². The van der Waals surface area contributed by atoms with Crippen molar-refractivity contribution in [1.82, 2.24) is 14.8 Å². The summed E-state index contributed by atoms with van der Waals surface area (Å²) in [6.45, 7) is 1.77. The number of rotatable bonds is 3. The molecular weight excluding hydrogens is 421 g/mol. The molecule has 2 heterocycles. The number of hydrogen-bond acceptors (Lipinski definition) is 5. The number of methoxy groups -OCH3 is 1. The molecule has 10 heteroatoms. The number of hydrogen-bond donors (Lipinski definition) is 1. The minimum absolute atomic E-state index is 0.0172. The van der Waals surface area contributed by atoms with Crippen LogP contribution in [0.15, 0.2) is 36.4 Å². The third-order valence-corrected chi connectivity index (χ3v) is 5.32. The molecule has 0 saturated heterocycles. The van der Waals surface area contributed by atoms with Crippen LogP contribution in [-0.4, -0.2) is 28.4 Å². The van der Waals surface area contributed by atoms with Gasteiger partial charge < -0.3 is 15.2 Å². The Balaban J connectivity index is 2.02. The van der Waals surface area contributed by atoms with E-state index < -0.39 is 24.2 Å². The van der Waals surface area contributed by atoms with Gasteiger partial charge in [0.25, 0.3) is 0 Å². The molecule has 0 unspecified atom stereocenters. The second-order valence-electron chi connectivity index (χ2n) is 6.83. The van der Waals surface area contributed by atoms with Gasteiger partial charge in [-0.3, -0.25) is 4.57 Å². The van der Waals surface area contributed by atoms with E-state index in [9.17, 15) is 13.2 Å². The molecule has 0 bridgehead atoms. The number of aromatic nitrogens is 3. The first-order valence-corrected chi connectivity index (χ1v) is 9.45. The van der Waals surface area contributed by atoms with Crippen LogP contribution < -0.4 is 10.5 Å². The highest BCUT2D eigenvalue weighted by Crippen LogP contribution is 2.44. The van der Waals surface area contributed by atoms with E-state index in [4.69, 9.17) is 26.8 Å². The van der Waals surface area contributed by atoms with Crippen LogP contribution in [0.1, 0.15) is 40.5 Å². The lowest BCUT2D eigenvalue weighted by Gasteiger charge is -2.24. The van der Waals surface area contributed by atoms with Crippen molar-refractivity contribution >= 4 is 11.6 Å². The molecule has 0 amide bonds. The minimum atomic E-state index is -4.72. The summed E-state index contributed by atoms with van der Waals surface area (Å²) in [6.07, 6.45) is -6.38. The molecule has 3 aromatic rings. The lowest BCUT2D eigenvalue weighted by molar-refractivity contribution is -0.146. The predicted molar refractivity (Wildman–Crippen MR) is 104 cm³/mol. The van der Waals surface area contributed by atoms with Gasteiger partial charge in [-0.1, -0.05) is 23.7 Å². The van der Waals surface area contributed by atoms with Gasteiger partial charge in [0.05, 0.1) is 12.8 Å². The molecule has 2 N–H and O–H groups in total. The number of nitrogens with zero attached hydrogens (tertiary/aromatic N) is 3. The minimum Gasteiger partial charge on any atom is -0.496 e. The van der Waals surface area contributed by atoms with E-state index in [0.717, 1.165) is 15.7 Å². The fraction of sp³-hybridized carbons (Fsp3) is 0.300. The summed E-state index contributed by atoms with van der Waals surface area (Å²) in [4.78, 5) is 0. The van der Waals surface area contributed by atoms with Crippen molar-refractivity contribution in [2.75, 3.05) is 13.7 Å². The number of nitrogens with two attached hydrogens (primary N) is 1. The Morgan fingerprint density at radius 1 is 1.20 bits per heavy atom. The van der Waals surface area contributed by atoms with E-state index in [-0.39, 0.29) is 18.1 Å². The first kappa shape index (κ1) is 20.6. The predicted octanol–water partition coefficient (Wildman–Crippen LogP) is 4.38. The van der Waals surface area contributed by atoms with E-state index in [0.29, 0.717) is 16.3 Å². The summed E-state index contributed by atoms with van der Waals surface area (Å²) in [5, 5.41) is 7.50. The van der Waals surface area contributed by atoms with Crippen molar-refractivity contribution in [2.45, 2.75) is 25.3 Å². The monoisotopic (exact) mass is 438 g/mol. The van der Waals surface area contributed by atoms with Crippen LogP contribution in [0.4, 0.5) is 13.2 Å². The number of halogens is 4. The largest absolute Gasteiger partial charge is 0.496 e. The summed E-state index contributed by atoms with van der Waals surface area (Å²) >= 11 is 6.21. The zero-order chi connectivity index (χ0) is 21.6. The van der Waals surface area contributed by atoms with Crippen LogP contribution in [0.2, 0.25) is 5.02 Å². The maximum Gasteiger partial charge on any atom is 0.452 e. The van der Waals surface area contributed by atoms with Crippen molar-refractivity contribution in [2.24, 2.45) is 5.73 Å². The molecule has 1 aromatic heterocycles. The lowest BCUT2D eigenvalue weighted by atomic mass is 9.95. The average Bonchev–Trinajstić information content (AvgIpc) is 3.10. The zero-order valence-corrected chi connectivity index (χ0v) is 16.8. The van der Waals surface area contributed by atoms with Gasteiger partial charge in [-0.25, -0.2) is 0 Å². The van der Waals surface area contributed by atoms with Crippen LogP contribution in [0, 0.1) is 6.92 Å². The van der Waals surface area contributed by atoms with Gasteiger partial charge in [0, 0.05) is 17.1 Å². The summed E-state index contributed by atoms with van der Waals surface area (Å²) in [6, 6.07) is 10.0. The SMILES string of the molecule is COc1cccc([C@H]2O[C@H](CN)c3nnc(C(F)(F)F)n3-c3ccc(Cl)cc32)c1C. The normalized spacial score (nSPS) is 18.5. The fourth-order valence-electron chi connectivity index (χ4n) is 3.70. The molecule has 30 heavy (non-hydrogen) atoms. The number of ether oxygens (including phenoxy) is 2. The maximum atomic E-state index is 13.7. The van der Waals surface area contributed by atoms with Gasteiger partial charge in [0.2, 0.25) is 5.82 Å². The Morgan fingerprint density at radius 2 is 1.97 bits per heavy atom. The molecule has 4 rings (SSSR count). The fourth-order valence-corrected chi connectivity index (χ4v) is 3.88. The second kappa shape index (κ2) is 7.57. The molecule has 1 aliphatic heterocycles. The Kier molecular flexibility index (Phi) is 5.21. The molecule has 1 aliphatic rings.